The molecule has 5 nitrogen and oxygen atoms in total. The summed E-state index contributed by atoms with van der Waals surface area (Å²) < 4.78 is 10.7. The third kappa shape index (κ3) is 4.42. The third-order valence-corrected chi connectivity index (χ3v) is 7.39. The molecule has 0 aromatic carbocycles. The fourth-order valence-electron chi connectivity index (χ4n) is 6.56. The summed E-state index contributed by atoms with van der Waals surface area (Å²) in [7, 11) is 0. The average Bonchev–Trinajstić information content (AvgIpc) is 2.62. The molecule has 3 aliphatic carbocycles. The largest absolute Gasteiger partial charge is 0.463 e. The summed E-state index contributed by atoms with van der Waals surface area (Å²) in [6, 6.07) is 2.16. The molecular formula is C23H33NO4. The van der Waals surface area contributed by atoms with Gasteiger partial charge in [0.15, 0.2) is 6.10 Å². The van der Waals surface area contributed by atoms with Gasteiger partial charge < -0.3 is 9.47 Å². The molecule has 3 aliphatic rings. The van der Waals surface area contributed by atoms with Gasteiger partial charge in [-0.3, -0.25) is 9.59 Å². The van der Waals surface area contributed by atoms with E-state index in [4.69, 9.17) is 9.47 Å². The molecule has 0 aromatic rings. The monoisotopic (exact) mass is 387 g/mol. The minimum absolute atomic E-state index is 0.0758. The topological polar surface area (TPSA) is 76.4 Å². The van der Waals surface area contributed by atoms with Crippen LogP contribution in [-0.4, -0.2) is 24.1 Å². The zero-order valence-corrected chi connectivity index (χ0v) is 17.4. The zero-order valence-electron chi connectivity index (χ0n) is 17.4. The molecule has 0 radical (unpaired) electrons. The fraction of sp³-hybridized carbons (Fsp3) is 0.783. The molecule has 7 unspecified atom stereocenters. The fourth-order valence-corrected chi connectivity index (χ4v) is 6.56. The van der Waals surface area contributed by atoms with Crippen molar-refractivity contribution < 1.29 is 19.1 Å². The molecule has 3 fully saturated rings. The number of carbonyl (C=O) groups is 2. The summed E-state index contributed by atoms with van der Waals surface area (Å²) >= 11 is 0. The summed E-state index contributed by atoms with van der Waals surface area (Å²) in [6.07, 6.45) is 6.25. The van der Waals surface area contributed by atoms with Gasteiger partial charge in [0.2, 0.25) is 0 Å². The molecule has 28 heavy (non-hydrogen) atoms. The van der Waals surface area contributed by atoms with E-state index < -0.39 is 12.1 Å². The highest BCUT2D eigenvalue weighted by Crippen LogP contribution is 2.57. The number of allylic oxidation sites excluding steroid dienone is 1. The lowest BCUT2D eigenvalue weighted by Crippen LogP contribution is -2.48. The van der Waals surface area contributed by atoms with Crippen LogP contribution in [0.2, 0.25) is 0 Å². The second-order valence-corrected chi connectivity index (χ2v) is 9.20. The van der Waals surface area contributed by atoms with E-state index in [9.17, 15) is 14.9 Å². The third-order valence-electron chi connectivity index (χ3n) is 7.39. The van der Waals surface area contributed by atoms with Gasteiger partial charge in [0.05, 0.1) is 0 Å². The van der Waals surface area contributed by atoms with E-state index in [-0.39, 0.29) is 18.0 Å². The van der Waals surface area contributed by atoms with Gasteiger partial charge in [0.1, 0.15) is 12.2 Å². The van der Waals surface area contributed by atoms with Crippen molar-refractivity contribution in [2.75, 3.05) is 0 Å². The van der Waals surface area contributed by atoms with E-state index in [2.05, 4.69) is 19.6 Å². The number of nitrogens with zero attached hydrogens (tertiary/aromatic N) is 1. The van der Waals surface area contributed by atoms with Crippen LogP contribution in [-0.2, 0) is 19.1 Å². The van der Waals surface area contributed by atoms with Crippen molar-refractivity contribution in [1.29, 1.82) is 5.26 Å². The lowest BCUT2D eigenvalue weighted by atomic mass is 9.51. The molecular weight excluding hydrogens is 354 g/mol. The van der Waals surface area contributed by atoms with E-state index in [1.54, 1.807) is 0 Å². The minimum Gasteiger partial charge on any atom is -0.463 e. The number of carbonyl (C=O) groups excluding carboxylic acids is 2. The Balaban J connectivity index is 1.73. The molecule has 0 aromatic heterocycles. The first-order chi connectivity index (χ1) is 13.3. The Kier molecular flexibility index (Phi) is 6.47. The summed E-state index contributed by atoms with van der Waals surface area (Å²) in [5.41, 5.74) is 1.22. The van der Waals surface area contributed by atoms with Gasteiger partial charge in [-0.25, -0.2) is 0 Å². The number of hydrogen-bond donors (Lipinski definition) is 0. The summed E-state index contributed by atoms with van der Waals surface area (Å²) in [6.45, 7) is 9.54. The van der Waals surface area contributed by atoms with Gasteiger partial charge in [0.25, 0.3) is 0 Å². The maximum Gasteiger partial charge on any atom is 0.303 e. The second kappa shape index (κ2) is 8.68. The van der Waals surface area contributed by atoms with Gasteiger partial charge in [-0.2, -0.15) is 5.26 Å². The van der Waals surface area contributed by atoms with Crippen molar-refractivity contribution in [3.63, 3.8) is 0 Å². The zero-order chi connectivity index (χ0) is 20.4. The summed E-state index contributed by atoms with van der Waals surface area (Å²) in [5, 5.41) is 9.43. The number of esters is 2. The van der Waals surface area contributed by atoms with Crippen molar-refractivity contribution in [2.45, 2.75) is 77.9 Å². The normalized spacial score (nSPS) is 38.4. The predicted octanol–water partition coefficient (Wildman–Crippen LogP) is 4.42. The van der Waals surface area contributed by atoms with Gasteiger partial charge in [-0.1, -0.05) is 19.1 Å². The van der Waals surface area contributed by atoms with Crippen LogP contribution in [0.1, 0.15) is 65.7 Å². The van der Waals surface area contributed by atoms with Crippen LogP contribution in [0.25, 0.3) is 0 Å². The van der Waals surface area contributed by atoms with Crippen LogP contribution >= 0.6 is 0 Å². The minimum atomic E-state index is -0.689. The van der Waals surface area contributed by atoms with Crippen molar-refractivity contribution >= 4 is 11.9 Å². The molecule has 5 heteroatoms. The highest BCUT2D eigenvalue weighted by molar-refractivity contribution is 5.66. The molecule has 3 saturated carbocycles. The molecule has 0 aliphatic heterocycles. The summed E-state index contributed by atoms with van der Waals surface area (Å²) in [4.78, 5) is 22.7. The van der Waals surface area contributed by atoms with Crippen molar-refractivity contribution in [1.82, 2.24) is 0 Å². The summed E-state index contributed by atoms with van der Waals surface area (Å²) in [5.74, 6) is 2.66. The molecule has 0 saturated heterocycles. The highest BCUT2D eigenvalue weighted by atomic mass is 16.5. The van der Waals surface area contributed by atoms with Crippen LogP contribution in [0.3, 0.4) is 0 Å². The Bertz CT molecular complexity index is 666. The van der Waals surface area contributed by atoms with Gasteiger partial charge in [-0.15, -0.1) is 0 Å². The van der Waals surface area contributed by atoms with Gasteiger partial charge in [0, 0.05) is 20.3 Å². The molecule has 154 valence electrons. The smallest absolute Gasteiger partial charge is 0.303 e. The van der Waals surface area contributed by atoms with E-state index in [1.165, 1.54) is 19.4 Å². The van der Waals surface area contributed by atoms with E-state index in [0.29, 0.717) is 36.0 Å². The maximum absolute atomic E-state index is 11.3. The highest BCUT2D eigenvalue weighted by Gasteiger charge is 2.50. The molecule has 0 bridgehead atoms. The van der Waals surface area contributed by atoms with Crippen LogP contribution in [0, 0.1) is 46.8 Å². The Hall–Kier alpha value is -1.83. The van der Waals surface area contributed by atoms with Crippen LogP contribution in [0.5, 0.6) is 0 Å². The first-order valence-electron chi connectivity index (χ1n) is 10.7. The first kappa shape index (κ1) is 20.9. The average molecular weight is 388 g/mol. The predicted molar refractivity (Wildman–Crippen MR) is 105 cm³/mol. The number of fused-ring (bicyclic) bond motifs is 3. The van der Waals surface area contributed by atoms with Gasteiger partial charge in [-0.05, 0) is 74.0 Å². The first-order valence-corrected chi connectivity index (χ1v) is 10.7. The molecule has 0 heterocycles. The van der Waals surface area contributed by atoms with Crippen molar-refractivity contribution in [3.05, 3.63) is 12.2 Å². The lowest BCUT2D eigenvalue weighted by Gasteiger charge is -2.54. The van der Waals surface area contributed by atoms with E-state index in [0.717, 1.165) is 38.5 Å². The standard InChI is InChI=1S/C23H33NO4/c1-13-9-14(2)23-20-8-6-18(27-15(3)25)10-17(20)5-7-21(23)22(13)11-19(12-24)28-16(4)26/h14,17-23H,1,5-11H2,2-4H3/t14-,17?,18?,19?,20?,21?,22?,23?/m1/s1. The Morgan fingerprint density at radius 2 is 1.89 bits per heavy atom. The van der Waals surface area contributed by atoms with Crippen LogP contribution < -0.4 is 0 Å². The van der Waals surface area contributed by atoms with Crippen molar-refractivity contribution in [2.24, 2.45) is 35.5 Å². The number of rotatable bonds is 4. The maximum atomic E-state index is 11.3. The molecule has 3 rings (SSSR count). The van der Waals surface area contributed by atoms with Crippen LogP contribution in [0.4, 0.5) is 0 Å². The lowest BCUT2D eigenvalue weighted by molar-refractivity contribution is -0.151. The Labute approximate surface area is 168 Å². The molecule has 8 atom stereocenters. The van der Waals surface area contributed by atoms with E-state index >= 15 is 0 Å². The van der Waals surface area contributed by atoms with Crippen molar-refractivity contribution in [3.8, 4) is 6.07 Å². The number of hydrogen-bond acceptors (Lipinski definition) is 5. The quantitative estimate of drug-likeness (QED) is 0.527. The van der Waals surface area contributed by atoms with E-state index in [1.807, 2.05) is 0 Å². The van der Waals surface area contributed by atoms with Gasteiger partial charge >= 0.3 is 11.9 Å². The Morgan fingerprint density at radius 3 is 2.54 bits per heavy atom. The molecule has 0 N–H and O–H groups in total. The van der Waals surface area contributed by atoms with Crippen LogP contribution in [0.15, 0.2) is 12.2 Å². The number of nitriles is 1. The molecule has 0 spiro atoms. The molecule has 0 amide bonds. The Morgan fingerprint density at radius 1 is 1.18 bits per heavy atom. The number of ether oxygens (including phenoxy) is 2. The second-order valence-electron chi connectivity index (χ2n) is 9.20. The SMILES string of the molecule is C=C1C[C@@H](C)C2C3CCC(OC(C)=O)CC3CCC2C1CC(C#N)OC(C)=O.